The van der Waals surface area contributed by atoms with Crippen LogP contribution in [0.3, 0.4) is 0 Å². The van der Waals surface area contributed by atoms with Crippen molar-refractivity contribution >= 4 is 39.9 Å². The number of halogens is 1. The Morgan fingerprint density at radius 3 is 2.43 bits per heavy atom. The van der Waals surface area contributed by atoms with Crippen LogP contribution in [0.2, 0.25) is 0 Å². The molecule has 1 aliphatic heterocycles. The molecule has 0 saturated carbocycles. The minimum atomic E-state index is -0.0472. The summed E-state index contributed by atoms with van der Waals surface area (Å²) in [6.45, 7) is 8.75. The lowest BCUT2D eigenvalue weighted by atomic mass is 10.1. The Morgan fingerprint density at radius 2 is 1.73 bits per heavy atom. The number of aliphatic hydroxyl groups is 1. The molecular weight excluding hydrogens is 491 g/mol. The summed E-state index contributed by atoms with van der Waals surface area (Å²) in [4.78, 5) is 17.5. The maximum Gasteiger partial charge on any atom is 0.253 e. The lowest BCUT2D eigenvalue weighted by Crippen LogP contribution is -2.47. The molecule has 0 atom stereocenters. The first-order valence-electron chi connectivity index (χ1n) is 10.5. The summed E-state index contributed by atoms with van der Waals surface area (Å²) in [5, 5.41) is 15.5. The normalized spacial score (nSPS) is 15.2. The number of nitrogens with zero attached hydrogens (tertiary/aromatic N) is 2. The van der Waals surface area contributed by atoms with Crippen molar-refractivity contribution in [3.8, 4) is 0 Å². The van der Waals surface area contributed by atoms with Gasteiger partial charge in [0.15, 0.2) is 0 Å². The molecule has 0 aromatic heterocycles. The summed E-state index contributed by atoms with van der Waals surface area (Å²) in [5.41, 5.74) is 3.64. The molecule has 7 heteroatoms. The Labute approximate surface area is 192 Å². The van der Waals surface area contributed by atoms with Crippen LogP contribution in [0.1, 0.15) is 22.3 Å². The molecule has 0 aliphatic carbocycles. The van der Waals surface area contributed by atoms with E-state index in [0.717, 1.165) is 62.6 Å². The SMILES string of the molecule is Cc1cc(I)ccc1Nc1ccccc1C(=O)NCCCN1CCN(CCO)CC1. The predicted molar refractivity (Wildman–Crippen MR) is 131 cm³/mol. The predicted octanol–water partition coefficient (Wildman–Crippen LogP) is 3.07. The van der Waals surface area contributed by atoms with Crippen molar-refractivity contribution in [2.24, 2.45) is 0 Å². The Bertz CT molecular complexity index is 838. The number of anilines is 2. The smallest absolute Gasteiger partial charge is 0.253 e. The maximum absolute atomic E-state index is 12.8. The second-order valence-electron chi connectivity index (χ2n) is 7.65. The Balaban J connectivity index is 1.48. The molecule has 0 unspecified atom stereocenters. The van der Waals surface area contributed by atoms with Gasteiger partial charge in [-0.1, -0.05) is 12.1 Å². The minimum Gasteiger partial charge on any atom is -0.395 e. The van der Waals surface area contributed by atoms with Crippen molar-refractivity contribution < 1.29 is 9.90 Å². The molecule has 0 radical (unpaired) electrons. The Hall–Kier alpha value is -1.68. The summed E-state index contributed by atoms with van der Waals surface area (Å²) in [6.07, 6.45) is 0.928. The van der Waals surface area contributed by atoms with Crippen LogP contribution in [0.4, 0.5) is 11.4 Å². The van der Waals surface area contributed by atoms with Gasteiger partial charge in [0.25, 0.3) is 5.91 Å². The number of β-amino-alcohol motifs (C(OH)–C–C–N with tert-alkyl or cyclic N) is 1. The summed E-state index contributed by atoms with van der Waals surface area (Å²) in [6, 6.07) is 13.9. The molecule has 0 bridgehead atoms. The van der Waals surface area contributed by atoms with Crippen LogP contribution in [-0.2, 0) is 0 Å². The van der Waals surface area contributed by atoms with Crippen molar-refractivity contribution in [2.45, 2.75) is 13.3 Å². The van der Waals surface area contributed by atoms with Crippen LogP contribution in [0.15, 0.2) is 42.5 Å². The molecule has 2 aromatic rings. The van der Waals surface area contributed by atoms with E-state index in [2.05, 4.69) is 62.1 Å². The van der Waals surface area contributed by atoms with Gasteiger partial charge < -0.3 is 20.6 Å². The largest absolute Gasteiger partial charge is 0.395 e. The quantitative estimate of drug-likeness (QED) is 0.349. The monoisotopic (exact) mass is 522 g/mol. The van der Waals surface area contributed by atoms with E-state index < -0.39 is 0 Å². The number of aryl methyl sites for hydroxylation is 1. The van der Waals surface area contributed by atoms with Gasteiger partial charge in [0, 0.05) is 48.5 Å². The van der Waals surface area contributed by atoms with Crippen LogP contribution in [0.25, 0.3) is 0 Å². The average Bonchev–Trinajstić information content (AvgIpc) is 2.75. The van der Waals surface area contributed by atoms with Crippen LogP contribution >= 0.6 is 22.6 Å². The Kier molecular flexibility index (Phi) is 8.92. The third-order valence-corrected chi connectivity index (χ3v) is 6.12. The van der Waals surface area contributed by atoms with E-state index in [-0.39, 0.29) is 12.5 Å². The Morgan fingerprint density at radius 1 is 1.03 bits per heavy atom. The first kappa shape index (κ1) is 23.0. The zero-order valence-electron chi connectivity index (χ0n) is 17.5. The number of rotatable bonds is 9. The fourth-order valence-electron chi connectivity index (χ4n) is 3.68. The molecule has 30 heavy (non-hydrogen) atoms. The van der Waals surface area contributed by atoms with Gasteiger partial charge in [-0.15, -0.1) is 0 Å². The molecular formula is C23H31IN4O2. The van der Waals surface area contributed by atoms with E-state index in [0.29, 0.717) is 12.1 Å². The maximum atomic E-state index is 12.8. The third kappa shape index (κ3) is 6.66. The highest BCUT2D eigenvalue weighted by Gasteiger charge is 2.16. The van der Waals surface area contributed by atoms with Gasteiger partial charge >= 0.3 is 0 Å². The lowest BCUT2D eigenvalue weighted by molar-refractivity contribution is 0.0945. The molecule has 6 nitrogen and oxygen atoms in total. The molecule has 1 amide bonds. The summed E-state index contributed by atoms with van der Waals surface area (Å²) in [7, 11) is 0. The zero-order valence-corrected chi connectivity index (χ0v) is 19.7. The third-order valence-electron chi connectivity index (χ3n) is 5.45. The lowest BCUT2D eigenvalue weighted by Gasteiger charge is -2.34. The fourth-order valence-corrected chi connectivity index (χ4v) is 4.33. The van der Waals surface area contributed by atoms with E-state index in [1.165, 1.54) is 3.57 Å². The molecule has 0 spiro atoms. The number of nitrogens with one attached hydrogen (secondary N) is 2. The van der Waals surface area contributed by atoms with Gasteiger partial charge in [-0.2, -0.15) is 0 Å². The average molecular weight is 522 g/mol. The van der Waals surface area contributed by atoms with E-state index in [9.17, 15) is 4.79 Å². The highest BCUT2D eigenvalue weighted by molar-refractivity contribution is 14.1. The van der Waals surface area contributed by atoms with E-state index in [1.54, 1.807) is 0 Å². The van der Waals surface area contributed by atoms with Gasteiger partial charge in [-0.05, 0) is 78.4 Å². The number of amides is 1. The van der Waals surface area contributed by atoms with Gasteiger partial charge in [-0.3, -0.25) is 9.69 Å². The molecule has 1 saturated heterocycles. The summed E-state index contributed by atoms with van der Waals surface area (Å²) >= 11 is 2.30. The fraction of sp³-hybridized carbons (Fsp3) is 0.435. The van der Waals surface area contributed by atoms with Crippen LogP contribution in [-0.4, -0.2) is 73.2 Å². The standard InChI is InChI=1S/C23H31IN4O2/c1-18-17-19(24)7-8-21(18)26-22-6-3-2-5-20(22)23(30)25-9-4-10-27-11-13-28(14-12-27)15-16-29/h2-3,5-8,17,26,29H,4,9-16H2,1H3,(H,25,30). The minimum absolute atomic E-state index is 0.0472. The number of para-hydroxylation sites is 1. The first-order valence-corrected chi connectivity index (χ1v) is 11.6. The molecule has 2 aromatic carbocycles. The molecule has 3 N–H and O–H groups in total. The number of benzene rings is 2. The van der Waals surface area contributed by atoms with Crippen molar-refractivity contribution in [1.82, 2.24) is 15.1 Å². The van der Waals surface area contributed by atoms with Gasteiger partial charge in [0.05, 0.1) is 17.9 Å². The number of piperazine rings is 1. The van der Waals surface area contributed by atoms with Gasteiger partial charge in [0.1, 0.15) is 0 Å². The van der Waals surface area contributed by atoms with Crippen LogP contribution < -0.4 is 10.6 Å². The number of hydrogen-bond acceptors (Lipinski definition) is 5. The molecule has 1 heterocycles. The number of carbonyl (C=O) groups excluding carboxylic acids is 1. The van der Waals surface area contributed by atoms with E-state index >= 15 is 0 Å². The molecule has 3 rings (SSSR count). The molecule has 1 aliphatic rings. The molecule has 162 valence electrons. The van der Waals surface area contributed by atoms with Crippen molar-refractivity contribution in [3.05, 3.63) is 57.2 Å². The topological polar surface area (TPSA) is 67.8 Å². The zero-order chi connectivity index (χ0) is 21.3. The second-order valence-corrected chi connectivity index (χ2v) is 8.89. The van der Waals surface area contributed by atoms with Gasteiger partial charge in [0.2, 0.25) is 0 Å². The highest BCUT2D eigenvalue weighted by atomic mass is 127. The number of hydrogen-bond donors (Lipinski definition) is 3. The van der Waals surface area contributed by atoms with Gasteiger partial charge in [-0.25, -0.2) is 0 Å². The highest BCUT2D eigenvalue weighted by Crippen LogP contribution is 2.24. The number of carbonyl (C=O) groups is 1. The van der Waals surface area contributed by atoms with E-state index in [1.807, 2.05) is 30.3 Å². The van der Waals surface area contributed by atoms with E-state index in [4.69, 9.17) is 5.11 Å². The number of aliphatic hydroxyl groups excluding tert-OH is 1. The first-order chi connectivity index (χ1) is 14.6. The summed E-state index contributed by atoms with van der Waals surface area (Å²) in [5.74, 6) is -0.0472. The second kappa shape index (κ2) is 11.6. The van der Waals surface area contributed by atoms with Crippen molar-refractivity contribution in [1.29, 1.82) is 0 Å². The van der Waals surface area contributed by atoms with Crippen molar-refractivity contribution in [2.75, 3.05) is 57.7 Å². The summed E-state index contributed by atoms with van der Waals surface area (Å²) < 4.78 is 1.19. The van der Waals surface area contributed by atoms with Crippen LogP contribution in [0, 0.1) is 10.5 Å². The van der Waals surface area contributed by atoms with Crippen molar-refractivity contribution in [3.63, 3.8) is 0 Å². The van der Waals surface area contributed by atoms with Crippen LogP contribution in [0.5, 0.6) is 0 Å². The molecule has 1 fully saturated rings.